The highest BCUT2D eigenvalue weighted by atomic mass is 32.2. The molecule has 1 aliphatic heterocycles. The number of amides is 3. The second-order valence-electron chi connectivity index (χ2n) is 7.63. The zero-order valence-electron chi connectivity index (χ0n) is 17.5. The lowest BCUT2D eigenvalue weighted by molar-refractivity contribution is -0.148. The van der Waals surface area contributed by atoms with Crippen molar-refractivity contribution in [1.82, 2.24) is 19.8 Å². The van der Waals surface area contributed by atoms with Crippen LogP contribution in [-0.4, -0.2) is 86.2 Å². The predicted molar refractivity (Wildman–Crippen MR) is 118 cm³/mol. The highest BCUT2D eigenvalue weighted by Gasteiger charge is 2.34. The number of piperazine rings is 1. The Kier molecular flexibility index (Phi) is 7.95. The van der Waals surface area contributed by atoms with Crippen molar-refractivity contribution in [1.29, 1.82) is 0 Å². The SMILES string of the molecule is CSCCC(NS(=O)(=O)c1ccccc1)C(=O)N1CCN(C(=O)C(=O)NC2CC2)CC1. The maximum absolute atomic E-state index is 13.1. The fourth-order valence-corrected chi connectivity index (χ4v) is 5.01. The molecular weight excluding hydrogens is 440 g/mol. The molecule has 0 aromatic heterocycles. The summed E-state index contributed by atoms with van der Waals surface area (Å²) in [5.41, 5.74) is 0. The van der Waals surface area contributed by atoms with Gasteiger partial charge in [-0.05, 0) is 43.4 Å². The first kappa shape index (κ1) is 23.6. The number of hydrogen-bond donors (Lipinski definition) is 2. The van der Waals surface area contributed by atoms with E-state index in [1.165, 1.54) is 28.8 Å². The summed E-state index contributed by atoms with van der Waals surface area (Å²) >= 11 is 1.53. The molecule has 2 aliphatic rings. The molecule has 2 fully saturated rings. The number of benzene rings is 1. The highest BCUT2D eigenvalue weighted by Crippen LogP contribution is 2.19. The van der Waals surface area contributed by atoms with E-state index >= 15 is 0 Å². The Balaban J connectivity index is 1.60. The van der Waals surface area contributed by atoms with Crippen LogP contribution in [-0.2, 0) is 24.4 Å². The standard InChI is InChI=1S/C20H28N4O5S2/c1-30-14-9-17(22-31(28,29)16-5-3-2-4-6-16)19(26)23-10-12-24(13-11-23)20(27)18(25)21-15-7-8-15/h2-6,15,17,22H,7-14H2,1H3,(H,21,25). The quantitative estimate of drug-likeness (QED) is 0.521. The molecule has 31 heavy (non-hydrogen) atoms. The van der Waals surface area contributed by atoms with Crippen molar-refractivity contribution in [2.45, 2.75) is 36.2 Å². The van der Waals surface area contributed by atoms with E-state index in [1.54, 1.807) is 23.1 Å². The fraction of sp³-hybridized carbons (Fsp3) is 0.550. The van der Waals surface area contributed by atoms with Crippen molar-refractivity contribution in [2.24, 2.45) is 0 Å². The molecule has 1 aromatic carbocycles. The third-order valence-electron chi connectivity index (χ3n) is 5.25. The van der Waals surface area contributed by atoms with Gasteiger partial charge in [-0.3, -0.25) is 14.4 Å². The van der Waals surface area contributed by atoms with Crippen LogP contribution in [0.15, 0.2) is 35.2 Å². The monoisotopic (exact) mass is 468 g/mol. The second kappa shape index (κ2) is 10.5. The topological polar surface area (TPSA) is 116 Å². The first-order valence-electron chi connectivity index (χ1n) is 10.3. The average molecular weight is 469 g/mol. The molecule has 3 amide bonds. The van der Waals surface area contributed by atoms with Crippen molar-refractivity contribution in [3.8, 4) is 0 Å². The van der Waals surface area contributed by atoms with E-state index in [9.17, 15) is 22.8 Å². The number of carbonyl (C=O) groups excluding carboxylic acids is 3. The second-order valence-corrected chi connectivity index (χ2v) is 10.3. The fourth-order valence-electron chi connectivity index (χ4n) is 3.29. The van der Waals surface area contributed by atoms with E-state index in [2.05, 4.69) is 10.0 Å². The van der Waals surface area contributed by atoms with Crippen molar-refractivity contribution in [3.05, 3.63) is 30.3 Å². The van der Waals surface area contributed by atoms with Gasteiger partial charge < -0.3 is 15.1 Å². The molecule has 1 aromatic rings. The van der Waals surface area contributed by atoms with Crippen LogP contribution in [0, 0.1) is 0 Å². The molecule has 0 spiro atoms. The molecule has 1 unspecified atom stereocenters. The molecule has 1 heterocycles. The molecule has 170 valence electrons. The molecule has 2 N–H and O–H groups in total. The number of nitrogens with zero attached hydrogens (tertiary/aromatic N) is 2. The summed E-state index contributed by atoms with van der Waals surface area (Å²) in [5, 5.41) is 2.68. The van der Waals surface area contributed by atoms with Crippen LogP contribution >= 0.6 is 11.8 Å². The molecule has 0 bridgehead atoms. The molecule has 1 aliphatic carbocycles. The lowest BCUT2D eigenvalue weighted by atomic mass is 10.2. The Labute approximate surface area is 187 Å². The van der Waals surface area contributed by atoms with Crippen LogP contribution in [0.5, 0.6) is 0 Å². The molecule has 9 nitrogen and oxygen atoms in total. The van der Waals surface area contributed by atoms with Crippen LogP contribution in [0.3, 0.4) is 0 Å². The normalized spacial score (nSPS) is 17.8. The molecule has 1 atom stereocenters. The number of rotatable bonds is 8. The Morgan fingerprint density at radius 1 is 1.06 bits per heavy atom. The van der Waals surface area contributed by atoms with Gasteiger partial charge >= 0.3 is 11.8 Å². The Morgan fingerprint density at radius 2 is 1.68 bits per heavy atom. The van der Waals surface area contributed by atoms with Gasteiger partial charge in [0.05, 0.1) is 4.90 Å². The first-order chi connectivity index (χ1) is 14.8. The zero-order chi connectivity index (χ0) is 22.4. The van der Waals surface area contributed by atoms with E-state index < -0.39 is 27.9 Å². The third-order valence-corrected chi connectivity index (χ3v) is 7.38. The summed E-state index contributed by atoms with van der Waals surface area (Å²) in [4.78, 5) is 40.4. The van der Waals surface area contributed by atoms with Crippen LogP contribution < -0.4 is 10.0 Å². The maximum Gasteiger partial charge on any atom is 0.312 e. The molecule has 1 saturated carbocycles. The van der Waals surface area contributed by atoms with Crippen molar-refractivity contribution >= 4 is 39.5 Å². The molecular formula is C20H28N4O5S2. The minimum atomic E-state index is -3.84. The average Bonchev–Trinajstić information content (AvgIpc) is 3.60. The van der Waals surface area contributed by atoms with Gasteiger partial charge in [0.25, 0.3) is 0 Å². The predicted octanol–water partition coefficient (Wildman–Crippen LogP) is 0.0360. The van der Waals surface area contributed by atoms with E-state index in [0.29, 0.717) is 12.2 Å². The van der Waals surface area contributed by atoms with Crippen molar-refractivity contribution < 1.29 is 22.8 Å². The molecule has 1 saturated heterocycles. The van der Waals surface area contributed by atoms with Gasteiger partial charge in [-0.2, -0.15) is 16.5 Å². The minimum Gasteiger partial charge on any atom is -0.345 e. The van der Waals surface area contributed by atoms with Gasteiger partial charge in [-0.25, -0.2) is 8.42 Å². The minimum absolute atomic E-state index is 0.106. The van der Waals surface area contributed by atoms with E-state index in [0.717, 1.165) is 12.8 Å². The summed E-state index contributed by atoms with van der Waals surface area (Å²) < 4.78 is 28.0. The number of sulfonamides is 1. The van der Waals surface area contributed by atoms with Crippen molar-refractivity contribution in [3.63, 3.8) is 0 Å². The molecule has 3 rings (SSSR count). The van der Waals surface area contributed by atoms with Gasteiger partial charge in [0.15, 0.2) is 0 Å². The Morgan fingerprint density at radius 3 is 2.26 bits per heavy atom. The third kappa shape index (κ3) is 6.44. The number of hydrogen-bond acceptors (Lipinski definition) is 6. The van der Waals surface area contributed by atoms with Gasteiger partial charge in [-0.1, -0.05) is 18.2 Å². The van der Waals surface area contributed by atoms with Crippen LogP contribution in [0.2, 0.25) is 0 Å². The number of carbonyl (C=O) groups is 3. The lowest BCUT2D eigenvalue weighted by Crippen LogP contribution is -2.57. The van der Waals surface area contributed by atoms with Gasteiger partial charge in [0, 0.05) is 32.2 Å². The Hall–Kier alpha value is -2.11. The first-order valence-corrected chi connectivity index (χ1v) is 13.1. The van der Waals surface area contributed by atoms with Crippen LogP contribution in [0.25, 0.3) is 0 Å². The summed E-state index contributed by atoms with van der Waals surface area (Å²) in [6.45, 7) is 0.987. The van der Waals surface area contributed by atoms with Crippen LogP contribution in [0.4, 0.5) is 0 Å². The number of thioether (sulfide) groups is 1. The summed E-state index contributed by atoms with van der Waals surface area (Å²) in [5.74, 6) is -0.880. The van der Waals surface area contributed by atoms with Gasteiger partial charge in [-0.15, -0.1) is 0 Å². The molecule has 11 heteroatoms. The van der Waals surface area contributed by atoms with Gasteiger partial charge in [0.2, 0.25) is 15.9 Å². The van der Waals surface area contributed by atoms with E-state index in [1.807, 2.05) is 6.26 Å². The zero-order valence-corrected chi connectivity index (χ0v) is 19.1. The maximum atomic E-state index is 13.1. The van der Waals surface area contributed by atoms with E-state index in [4.69, 9.17) is 0 Å². The molecule has 0 radical (unpaired) electrons. The summed E-state index contributed by atoms with van der Waals surface area (Å²) in [7, 11) is -3.84. The highest BCUT2D eigenvalue weighted by molar-refractivity contribution is 7.98. The van der Waals surface area contributed by atoms with E-state index in [-0.39, 0.29) is 43.0 Å². The largest absolute Gasteiger partial charge is 0.345 e. The number of nitrogens with one attached hydrogen (secondary N) is 2. The Bertz CT molecular complexity index is 897. The van der Waals surface area contributed by atoms with Gasteiger partial charge in [0.1, 0.15) is 6.04 Å². The summed E-state index contributed by atoms with van der Waals surface area (Å²) in [6.07, 6.45) is 4.05. The lowest BCUT2D eigenvalue weighted by Gasteiger charge is -2.36. The summed E-state index contributed by atoms with van der Waals surface area (Å²) in [6, 6.07) is 7.16. The van der Waals surface area contributed by atoms with Crippen molar-refractivity contribution in [2.75, 3.05) is 38.2 Å². The smallest absolute Gasteiger partial charge is 0.312 e. The van der Waals surface area contributed by atoms with Crippen LogP contribution in [0.1, 0.15) is 19.3 Å².